The van der Waals surface area contributed by atoms with Gasteiger partial charge in [0.25, 0.3) is 5.69 Å². The van der Waals surface area contributed by atoms with Crippen LogP contribution in [0.3, 0.4) is 0 Å². The number of carbonyl (C=O) groups excluding carboxylic acids is 2. The number of aromatic nitrogens is 1. The molecule has 12 heteroatoms. The number of halogens is 3. The minimum Gasteiger partial charge on any atom is -0.456 e. The van der Waals surface area contributed by atoms with Crippen LogP contribution in [0.25, 0.3) is 0 Å². The standard InChI is InChI=1S/C21H16F3N3O5S/c1-12-8-14(6-7-18(12)27(30)31)19(29)32-10-16-11-33-20(25-16)26(13(2)28)17-5-3-4-15(9-17)21(22,23)24/h3-9,11H,10H2,1-2H3. The van der Waals surface area contributed by atoms with Crippen molar-refractivity contribution in [2.75, 3.05) is 4.90 Å². The number of hydrogen-bond donors (Lipinski definition) is 0. The zero-order valence-corrected chi connectivity index (χ0v) is 18.1. The van der Waals surface area contributed by atoms with Gasteiger partial charge in [-0.25, -0.2) is 9.78 Å². The number of esters is 1. The van der Waals surface area contributed by atoms with Gasteiger partial charge in [0.2, 0.25) is 5.91 Å². The van der Waals surface area contributed by atoms with Crippen LogP contribution in [0.15, 0.2) is 47.8 Å². The van der Waals surface area contributed by atoms with Crippen molar-refractivity contribution < 1.29 is 32.4 Å². The van der Waals surface area contributed by atoms with Crippen molar-refractivity contribution in [3.8, 4) is 0 Å². The van der Waals surface area contributed by atoms with Crippen LogP contribution in [-0.2, 0) is 22.3 Å². The van der Waals surface area contributed by atoms with Crippen LogP contribution >= 0.6 is 11.3 Å². The summed E-state index contributed by atoms with van der Waals surface area (Å²) in [6.45, 7) is 2.42. The molecule has 2 aromatic carbocycles. The van der Waals surface area contributed by atoms with E-state index in [4.69, 9.17) is 4.74 Å². The first-order valence-electron chi connectivity index (χ1n) is 9.32. The molecule has 0 atom stereocenters. The Morgan fingerprint density at radius 3 is 2.55 bits per heavy atom. The van der Waals surface area contributed by atoms with Gasteiger partial charge in [0.05, 0.1) is 27.4 Å². The topological polar surface area (TPSA) is 103 Å². The third-order valence-corrected chi connectivity index (χ3v) is 5.33. The molecule has 172 valence electrons. The number of benzene rings is 2. The maximum absolute atomic E-state index is 13.0. The Labute approximate surface area is 189 Å². The van der Waals surface area contributed by atoms with Crippen molar-refractivity contribution in [2.45, 2.75) is 26.6 Å². The van der Waals surface area contributed by atoms with Gasteiger partial charge in [-0.05, 0) is 37.3 Å². The van der Waals surface area contributed by atoms with Gasteiger partial charge < -0.3 is 4.74 Å². The Morgan fingerprint density at radius 1 is 1.21 bits per heavy atom. The van der Waals surface area contributed by atoms with E-state index < -0.39 is 28.5 Å². The number of carbonyl (C=O) groups is 2. The van der Waals surface area contributed by atoms with Gasteiger partial charge in [-0.15, -0.1) is 11.3 Å². The van der Waals surface area contributed by atoms with Gasteiger partial charge in [-0.1, -0.05) is 6.07 Å². The second-order valence-electron chi connectivity index (χ2n) is 6.86. The number of ether oxygens (including phenoxy) is 1. The fourth-order valence-electron chi connectivity index (χ4n) is 2.92. The molecule has 0 aliphatic heterocycles. The number of amides is 1. The quantitative estimate of drug-likeness (QED) is 0.266. The summed E-state index contributed by atoms with van der Waals surface area (Å²) in [5.74, 6) is -1.28. The van der Waals surface area contributed by atoms with E-state index in [2.05, 4.69) is 4.98 Å². The van der Waals surface area contributed by atoms with E-state index >= 15 is 0 Å². The van der Waals surface area contributed by atoms with Crippen LogP contribution in [0, 0.1) is 17.0 Å². The molecule has 0 aliphatic carbocycles. The highest BCUT2D eigenvalue weighted by Gasteiger charge is 2.31. The molecule has 33 heavy (non-hydrogen) atoms. The first-order valence-corrected chi connectivity index (χ1v) is 10.2. The lowest BCUT2D eigenvalue weighted by molar-refractivity contribution is -0.385. The largest absolute Gasteiger partial charge is 0.456 e. The van der Waals surface area contributed by atoms with Gasteiger partial charge >= 0.3 is 12.1 Å². The number of nitro groups is 1. The number of nitro benzene ring substituents is 1. The molecule has 3 rings (SSSR count). The smallest absolute Gasteiger partial charge is 0.416 e. The Morgan fingerprint density at radius 2 is 1.94 bits per heavy atom. The molecule has 3 aromatic rings. The molecular weight excluding hydrogens is 463 g/mol. The van der Waals surface area contributed by atoms with Crippen LogP contribution in [0.2, 0.25) is 0 Å². The third-order valence-electron chi connectivity index (χ3n) is 4.46. The Bertz CT molecular complexity index is 1230. The summed E-state index contributed by atoms with van der Waals surface area (Å²) >= 11 is 0.996. The zero-order valence-electron chi connectivity index (χ0n) is 17.3. The normalized spacial score (nSPS) is 11.2. The van der Waals surface area contributed by atoms with Gasteiger partial charge in [0.1, 0.15) is 6.61 Å². The average Bonchev–Trinajstić information content (AvgIpc) is 3.19. The molecule has 8 nitrogen and oxygen atoms in total. The molecule has 1 aromatic heterocycles. The van der Waals surface area contributed by atoms with Crippen molar-refractivity contribution in [3.63, 3.8) is 0 Å². The molecule has 1 heterocycles. The maximum Gasteiger partial charge on any atom is 0.416 e. The molecule has 0 bridgehead atoms. The zero-order chi connectivity index (χ0) is 24.3. The number of alkyl halides is 3. The lowest BCUT2D eigenvalue weighted by Gasteiger charge is -2.19. The highest BCUT2D eigenvalue weighted by atomic mass is 32.1. The number of nitrogens with zero attached hydrogens (tertiary/aromatic N) is 3. The second-order valence-corrected chi connectivity index (χ2v) is 7.69. The van der Waals surface area contributed by atoms with E-state index in [0.29, 0.717) is 5.56 Å². The average molecular weight is 479 g/mol. The van der Waals surface area contributed by atoms with Crippen molar-refractivity contribution in [2.24, 2.45) is 0 Å². The molecule has 0 aliphatic rings. The lowest BCUT2D eigenvalue weighted by atomic mass is 10.1. The summed E-state index contributed by atoms with van der Waals surface area (Å²) in [6, 6.07) is 8.09. The molecule has 0 fully saturated rings. The van der Waals surface area contributed by atoms with Crippen molar-refractivity contribution in [1.82, 2.24) is 4.98 Å². The molecular formula is C21H16F3N3O5S. The first kappa shape index (κ1) is 23.9. The van der Waals surface area contributed by atoms with Crippen LogP contribution in [0.4, 0.5) is 29.7 Å². The van der Waals surface area contributed by atoms with E-state index in [1.807, 2.05) is 0 Å². The maximum atomic E-state index is 13.0. The summed E-state index contributed by atoms with van der Waals surface area (Å²) in [6.07, 6.45) is -4.57. The van der Waals surface area contributed by atoms with E-state index in [1.165, 1.54) is 49.6 Å². The summed E-state index contributed by atoms with van der Waals surface area (Å²) in [4.78, 5) is 40.0. The van der Waals surface area contributed by atoms with Crippen LogP contribution in [0.1, 0.15) is 34.1 Å². The van der Waals surface area contributed by atoms with Crippen molar-refractivity contribution >= 4 is 39.7 Å². The molecule has 0 saturated heterocycles. The third kappa shape index (κ3) is 5.52. The summed E-state index contributed by atoms with van der Waals surface area (Å²) in [7, 11) is 0. The van der Waals surface area contributed by atoms with Gasteiger partial charge in [0, 0.05) is 23.9 Å². The van der Waals surface area contributed by atoms with Gasteiger partial charge in [-0.3, -0.25) is 19.8 Å². The number of aryl methyl sites for hydroxylation is 1. The Kier molecular flexibility index (Phi) is 6.77. The minimum atomic E-state index is -4.57. The van der Waals surface area contributed by atoms with Crippen LogP contribution in [0.5, 0.6) is 0 Å². The first-order chi connectivity index (χ1) is 15.5. The molecule has 1 amide bonds. The molecule has 0 saturated carbocycles. The van der Waals surface area contributed by atoms with Crippen LogP contribution in [-0.4, -0.2) is 21.8 Å². The number of rotatable bonds is 6. The lowest BCUT2D eigenvalue weighted by Crippen LogP contribution is -2.23. The molecule has 0 radical (unpaired) electrons. The molecule has 0 spiro atoms. The van der Waals surface area contributed by atoms with Crippen molar-refractivity contribution in [1.29, 1.82) is 0 Å². The highest BCUT2D eigenvalue weighted by Crippen LogP contribution is 2.35. The van der Waals surface area contributed by atoms with Crippen LogP contribution < -0.4 is 4.90 Å². The number of anilines is 2. The predicted molar refractivity (Wildman–Crippen MR) is 113 cm³/mol. The number of hydrogen-bond acceptors (Lipinski definition) is 7. The fourth-order valence-corrected chi connectivity index (χ4v) is 3.80. The molecule has 0 unspecified atom stereocenters. The Hall–Kier alpha value is -3.80. The van der Waals surface area contributed by atoms with E-state index in [1.54, 1.807) is 0 Å². The fraction of sp³-hybridized carbons (Fsp3) is 0.190. The predicted octanol–water partition coefficient (Wildman–Crippen LogP) is 5.42. The van der Waals surface area contributed by atoms with Crippen molar-refractivity contribution in [3.05, 3.63) is 80.3 Å². The highest BCUT2D eigenvalue weighted by molar-refractivity contribution is 7.14. The SMILES string of the molecule is CC(=O)N(c1cccc(C(F)(F)F)c1)c1nc(COC(=O)c2ccc([N+](=O)[O-])c(C)c2)cs1. The van der Waals surface area contributed by atoms with E-state index in [9.17, 15) is 32.9 Å². The summed E-state index contributed by atoms with van der Waals surface area (Å²) in [5.41, 5.74) is -0.354. The summed E-state index contributed by atoms with van der Waals surface area (Å²) in [5, 5.41) is 12.5. The second kappa shape index (κ2) is 9.36. The molecule has 0 N–H and O–H groups in total. The summed E-state index contributed by atoms with van der Waals surface area (Å²) < 4.78 is 44.3. The number of thiazole rings is 1. The van der Waals surface area contributed by atoms with Gasteiger partial charge in [0.15, 0.2) is 5.13 Å². The van der Waals surface area contributed by atoms with Gasteiger partial charge in [-0.2, -0.15) is 13.2 Å². The minimum absolute atomic E-state index is 0.00317. The Balaban J connectivity index is 1.75. The van der Waals surface area contributed by atoms with E-state index in [0.717, 1.165) is 28.4 Å². The van der Waals surface area contributed by atoms with E-state index in [-0.39, 0.29) is 34.4 Å². The monoisotopic (exact) mass is 479 g/mol.